The topological polar surface area (TPSA) is 17.1 Å². The molecule has 13 heavy (non-hydrogen) atoms. The minimum Gasteiger partial charge on any atom is -0.299 e. The van der Waals surface area contributed by atoms with Crippen molar-refractivity contribution in [1.29, 1.82) is 0 Å². The molecule has 0 N–H and O–H groups in total. The quantitative estimate of drug-likeness (QED) is 0.560. The van der Waals surface area contributed by atoms with Crippen molar-refractivity contribution in [3.05, 3.63) is 0 Å². The Morgan fingerprint density at radius 1 is 1.31 bits per heavy atom. The average molecular weight is 180 g/mol. The second-order valence-electron chi connectivity index (χ2n) is 5.64. The molecular weight excluding hydrogens is 160 g/mol. The summed E-state index contributed by atoms with van der Waals surface area (Å²) in [6.45, 7) is 6.94. The third-order valence-electron chi connectivity index (χ3n) is 4.37. The second kappa shape index (κ2) is 2.83. The number of fused-ring (bicyclic) bond motifs is 1. The van der Waals surface area contributed by atoms with E-state index in [1.54, 1.807) is 0 Å². The highest BCUT2D eigenvalue weighted by Gasteiger charge is 2.48. The van der Waals surface area contributed by atoms with E-state index in [4.69, 9.17) is 0 Å². The zero-order valence-electron chi connectivity index (χ0n) is 8.97. The van der Waals surface area contributed by atoms with Crippen LogP contribution < -0.4 is 0 Å². The monoisotopic (exact) mass is 180 g/mol. The van der Waals surface area contributed by atoms with Crippen LogP contribution in [0.5, 0.6) is 0 Å². The smallest absolute Gasteiger partial charge is 0.136 e. The van der Waals surface area contributed by atoms with Crippen LogP contribution in [0.2, 0.25) is 0 Å². The maximum absolute atomic E-state index is 11.8. The van der Waals surface area contributed by atoms with E-state index in [0.29, 0.717) is 29.0 Å². The number of Topliss-reactive ketones (excluding diaryl/α,β-unsaturated/α-hetero) is 1. The fourth-order valence-corrected chi connectivity index (χ4v) is 3.41. The van der Waals surface area contributed by atoms with Crippen LogP contribution >= 0.6 is 0 Å². The molecule has 0 spiro atoms. The van der Waals surface area contributed by atoms with Gasteiger partial charge in [-0.05, 0) is 36.5 Å². The van der Waals surface area contributed by atoms with Crippen LogP contribution in [0.25, 0.3) is 0 Å². The van der Waals surface area contributed by atoms with Crippen LogP contribution in [0.4, 0.5) is 0 Å². The SMILES string of the molecule is CC1CCC2C1C(=O)CCC2(C)C. The van der Waals surface area contributed by atoms with E-state index in [9.17, 15) is 4.79 Å². The Morgan fingerprint density at radius 2 is 2.00 bits per heavy atom. The largest absolute Gasteiger partial charge is 0.299 e. The summed E-state index contributed by atoms with van der Waals surface area (Å²) >= 11 is 0. The van der Waals surface area contributed by atoms with Gasteiger partial charge in [-0.2, -0.15) is 0 Å². The molecule has 2 saturated carbocycles. The van der Waals surface area contributed by atoms with Crippen molar-refractivity contribution >= 4 is 5.78 Å². The molecule has 0 aromatic carbocycles. The lowest BCUT2D eigenvalue weighted by Gasteiger charge is -2.40. The molecule has 1 nitrogen and oxygen atoms in total. The van der Waals surface area contributed by atoms with Crippen molar-refractivity contribution in [3.8, 4) is 0 Å². The molecule has 0 saturated heterocycles. The standard InChI is InChI=1S/C12H20O/c1-8-4-5-9-11(8)10(13)6-7-12(9,2)3/h8-9,11H,4-7H2,1-3H3. The van der Waals surface area contributed by atoms with Crippen LogP contribution in [0.15, 0.2) is 0 Å². The molecule has 2 rings (SSSR count). The summed E-state index contributed by atoms with van der Waals surface area (Å²) in [6, 6.07) is 0. The van der Waals surface area contributed by atoms with Gasteiger partial charge in [-0.1, -0.05) is 20.8 Å². The Kier molecular flexibility index (Phi) is 2.01. The molecule has 0 bridgehead atoms. The van der Waals surface area contributed by atoms with Crippen LogP contribution in [-0.2, 0) is 4.79 Å². The summed E-state index contributed by atoms with van der Waals surface area (Å²) in [5.41, 5.74) is 0.420. The molecule has 0 radical (unpaired) electrons. The molecule has 2 aliphatic carbocycles. The summed E-state index contributed by atoms with van der Waals surface area (Å²) < 4.78 is 0. The van der Waals surface area contributed by atoms with Gasteiger partial charge in [0.05, 0.1) is 0 Å². The lowest BCUT2D eigenvalue weighted by molar-refractivity contribution is -0.131. The Balaban J connectivity index is 2.26. The summed E-state index contributed by atoms with van der Waals surface area (Å²) in [5, 5.41) is 0. The molecule has 2 fully saturated rings. The van der Waals surface area contributed by atoms with Gasteiger partial charge in [0.1, 0.15) is 5.78 Å². The zero-order valence-corrected chi connectivity index (χ0v) is 8.97. The molecule has 0 aromatic heterocycles. The summed E-state index contributed by atoms with van der Waals surface area (Å²) in [4.78, 5) is 11.8. The third kappa shape index (κ3) is 1.33. The van der Waals surface area contributed by atoms with E-state index < -0.39 is 0 Å². The first-order chi connectivity index (χ1) is 6.02. The molecule has 74 valence electrons. The Morgan fingerprint density at radius 3 is 2.62 bits per heavy atom. The summed E-state index contributed by atoms with van der Waals surface area (Å²) in [5.74, 6) is 2.29. The lowest BCUT2D eigenvalue weighted by atomic mass is 9.63. The molecule has 0 aromatic rings. The average Bonchev–Trinajstić information content (AvgIpc) is 2.42. The zero-order chi connectivity index (χ0) is 9.64. The Labute approximate surface area is 80.9 Å². The summed E-state index contributed by atoms with van der Waals surface area (Å²) in [7, 11) is 0. The van der Waals surface area contributed by atoms with Crippen molar-refractivity contribution < 1.29 is 4.79 Å². The first-order valence-corrected chi connectivity index (χ1v) is 5.55. The van der Waals surface area contributed by atoms with Crippen molar-refractivity contribution in [2.45, 2.75) is 46.5 Å². The van der Waals surface area contributed by atoms with Crippen LogP contribution in [0.1, 0.15) is 46.5 Å². The van der Waals surface area contributed by atoms with Gasteiger partial charge < -0.3 is 0 Å². The number of carbonyl (C=O) groups is 1. The molecule has 1 heteroatoms. The minimum absolute atomic E-state index is 0.406. The number of carbonyl (C=O) groups excluding carboxylic acids is 1. The van der Waals surface area contributed by atoms with Crippen molar-refractivity contribution in [2.75, 3.05) is 0 Å². The van der Waals surface area contributed by atoms with E-state index in [1.165, 1.54) is 12.8 Å². The fraction of sp³-hybridized carbons (Fsp3) is 0.917. The van der Waals surface area contributed by atoms with Crippen LogP contribution in [0.3, 0.4) is 0 Å². The van der Waals surface area contributed by atoms with Gasteiger partial charge in [0.15, 0.2) is 0 Å². The van der Waals surface area contributed by atoms with E-state index in [0.717, 1.165) is 12.8 Å². The maximum atomic E-state index is 11.8. The van der Waals surface area contributed by atoms with E-state index in [-0.39, 0.29) is 0 Å². The predicted octanol–water partition coefficient (Wildman–Crippen LogP) is 3.04. The first-order valence-electron chi connectivity index (χ1n) is 5.55. The highest BCUT2D eigenvalue weighted by atomic mass is 16.1. The van der Waals surface area contributed by atoms with Gasteiger partial charge in [-0.3, -0.25) is 4.79 Å². The second-order valence-corrected chi connectivity index (χ2v) is 5.64. The van der Waals surface area contributed by atoms with Crippen LogP contribution in [-0.4, -0.2) is 5.78 Å². The van der Waals surface area contributed by atoms with E-state index in [1.807, 2.05) is 0 Å². The van der Waals surface area contributed by atoms with Crippen LogP contribution in [0, 0.1) is 23.2 Å². The predicted molar refractivity (Wildman–Crippen MR) is 53.4 cm³/mol. The third-order valence-corrected chi connectivity index (χ3v) is 4.37. The minimum atomic E-state index is 0.406. The highest BCUT2D eigenvalue weighted by molar-refractivity contribution is 5.83. The molecule has 0 aliphatic heterocycles. The highest BCUT2D eigenvalue weighted by Crippen LogP contribution is 2.52. The maximum Gasteiger partial charge on any atom is 0.136 e. The van der Waals surface area contributed by atoms with Gasteiger partial charge in [0.25, 0.3) is 0 Å². The molecular formula is C12H20O. The fourth-order valence-electron chi connectivity index (χ4n) is 3.41. The molecule has 3 atom stereocenters. The van der Waals surface area contributed by atoms with Gasteiger partial charge in [0, 0.05) is 12.3 Å². The van der Waals surface area contributed by atoms with Gasteiger partial charge >= 0.3 is 0 Å². The number of rotatable bonds is 0. The van der Waals surface area contributed by atoms with Gasteiger partial charge in [0.2, 0.25) is 0 Å². The normalized spacial score (nSPS) is 43.3. The van der Waals surface area contributed by atoms with Crippen molar-refractivity contribution in [3.63, 3.8) is 0 Å². The molecule has 0 amide bonds. The Bertz CT molecular complexity index is 229. The summed E-state index contributed by atoms with van der Waals surface area (Å²) in [6.07, 6.45) is 4.49. The lowest BCUT2D eigenvalue weighted by Crippen LogP contribution is -2.38. The van der Waals surface area contributed by atoms with E-state index >= 15 is 0 Å². The van der Waals surface area contributed by atoms with E-state index in [2.05, 4.69) is 20.8 Å². The Hall–Kier alpha value is -0.330. The first kappa shape index (κ1) is 9.23. The van der Waals surface area contributed by atoms with Crippen molar-refractivity contribution in [2.24, 2.45) is 23.2 Å². The molecule has 0 heterocycles. The molecule has 2 aliphatic rings. The number of hydrogen-bond donors (Lipinski definition) is 0. The number of hydrogen-bond acceptors (Lipinski definition) is 1. The van der Waals surface area contributed by atoms with Crippen molar-refractivity contribution in [1.82, 2.24) is 0 Å². The number of ketones is 1. The van der Waals surface area contributed by atoms with Gasteiger partial charge in [-0.15, -0.1) is 0 Å². The molecule has 3 unspecified atom stereocenters. The van der Waals surface area contributed by atoms with Gasteiger partial charge in [-0.25, -0.2) is 0 Å².